The predicted molar refractivity (Wildman–Crippen MR) is 127 cm³/mol. The predicted octanol–water partition coefficient (Wildman–Crippen LogP) is 5.16. The van der Waals surface area contributed by atoms with Gasteiger partial charge in [-0.3, -0.25) is 9.52 Å². The molecular formula is C24H19N3O3S2. The lowest BCUT2D eigenvalue weighted by Crippen LogP contribution is -2.20. The lowest BCUT2D eigenvalue weighted by molar-refractivity contribution is -0.116. The van der Waals surface area contributed by atoms with Crippen molar-refractivity contribution in [2.45, 2.75) is 17.7 Å². The third-order valence-electron chi connectivity index (χ3n) is 5.24. The number of nitrogens with zero attached hydrogens (tertiary/aromatic N) is 1. The molecule has 32 heavy (non-hydrogen) atoms. The second kappa shape index (κ2) is 8.22. The summed E-state index contributed by atoms with van der Waals surface area (Å²) in [6.07, 6.45) is 0.881. The van der Waals surface area contributed by atoms with Gasteiger partial charge in [-0.1, -0.05) is 42.5 Å². The Morgan fingerprint density at radius 3 is 2.47 bits per heavy atom. The molecule has 0 saturated carbocycles. The van der Waals surface area contributed by atoms with E-state index in [1.165, 1.54) is 6.07 Å². The number of thiazole rings is 1. The number of anilines is 2. The molecule has 8 heteroatoms. The number of nitrogens with one attached hydrogen (secondary N) is 2. The van der Waals surface area contributed by atoms with Crippen molar-refractivity contribution in [1.82, 2.24) is 4.98 Å². The molecule has 4 aromatic rings. The lowest BCUT2D eigenvalue weighted by atomic mass is 10.0. The first-order chi connectivity index (χ1) is 15.5. The number of rotatable bonds is 5. The molecule has 0 radical (unpaired) electrons. The first-order valence-electron chi connectivity index (χ1n) is 10.0. The van der Waals surface area contributed by atoms with Gasteiger partial charge in [0.2, 0.25) is 5.91 Å². The highest BCUT2D eigenvalue weighted by Gasteiger charge is 2.20. The maximum atomic E-state index is 12.9. The van der Waals surface area contributed by atoms with Crippen LogP contribution in [-0.2, 0) is 21.2 Å². The number of hydrogen-bond acceptors (Lipinski definition) is 5. The van der Waals surface area contributed by atoms with Gasteiger partial charge in [-0.15, -0.1) is 11.3 Å². The molecule has 0 aliphatic carbocycles. The summed E-state index contributed by atoms with van der Waals surface area (Å²) in [6.45, 7) is 0. The number of carbonyl (C=O) groups excluding carboxylic acids is 1. The number of sulfonamides is 1. The molecule has 6 nitrogen and oxygen atoms in total. The van der Waals surface area contributed by atoms with Crippen LogP contribution in [-0.4, -0.2) is 19.3 Å². The molecule has 3 aromatic carbocycles. The summed E-state index contributed by atoms with van der Waals surface area (Å²) in [5.41, 5.74) is 4.79. The van der Waals surface area contributed by atoms with E-state index in [0.29, 0.717) is 24.2 Å². The zero-order valence-corrected chi connectivity index (χ0v) is 18.5. The number of hydrogen-bond donors (Lipinski definition) is 2. The van der Waals surface area contributed by atoms with Crippen LogP contribution in [0.3, 0.4) is 0 Å². The van der Waals surface area contributed by atoms with Crippen molar-refractivity contribution in [2.75, 3.05) is 10.0 Å². The fraction of sp³-hybridized carbons (Fsp3) is 0.0833. The van der Waals surface area contributed by atoms with Crippen LogP contribution < -0.4 is 10.0 Å². The summed E-state index contributed by atoms with van der Waals surface area (Å²) in [5.74, 6) is -0.0534. The second-order valence-electron chi connectivity index (χ2n) is 7.45. The summed E-state index contributed by atoms with van der Waals surface area (Å²) in [4.78, 5) is 16.4. The maximum Gasteiger partial charge on any atom is 0.261 e. The van der Waals surface area contributed by atoms with Gasteiger partial charge in [-0.25, -0.2) is 13.4 Å². The van der Waals surface area contributed by atoms with Gasteiger partial charge < -0.3 is 5.32 Å². The molecule has 1 aromatic heterocycles. The SMILES string of the molecule is O=C1CCc2cc(S(=O)(=O)Nc3ccc(-c4csc(-c5ccccc5)n4)cc3)ccc2N1. The summed E-state index contributed by atoms with van der Waals surface area (Å²) >= 11 is 1.57. The number of benzene rings is 3. The summed E-state index contributed by atoms with van der Waals surface area (Å²) in [6, 6.07) is 21.9. The largest absolute Gasteiger partial charge is 0.326 e. The minimum atomic E-state index is -3.75. The van der Waals surface area contributed by atoms with E-state index < -0.39 is 10.0 Å². The minimum Gasteiger partial charge on any atom is -0.326 e. The molecule has 160 valence electrons. The van der Waals surface area contributed by atoms with Crippen LogP contribution in [0.1, 0.15) is 12.0 Å². The Balaban J connectivity index is 1.34. The smallest absolute Gasteiger partial charge is 0.261 e. The first kappa shape index (κ1) is 20.4. The van der Waals surface area contributed by atoms with E-state index in [-0.39, 0.29) is 10.8 Å². The van der Waals surface area contributed by atoms with Crippen molar-refractivity contribution in [3.63, 3.8) is 0 Å². The number of aryl methyl sites for hydroxylation is 1. The van der Waals surface area contributed by atoms with Crippen LogP contribution in [0.25, 0.3) is 21.8 Å². The third-order valence-corrected chi connectivity index (χ3v) is 7.51. The molecule has 0 bridgehead atoms. The van der Waals surface area contributed by atoms with Crippen molar-refractivity contribution in [3.05, 3.63) is 83.7 Å². The van der Waals surface area contributed by atoms with Gasteiger partial charge in [0.05, 0.1) is 10.6 Å². The molecule has 0 saturated heterocycles. The highest BCUT2D eigenvalue weighted by Crippen LogP contribution is 2.30. The Bertz CT molecular complexity index is 1400. The maximum absolute atomic E-state index is 12.9. The van der Waals surface area contributed by atoms with E-state index >= 15 is 0 Å². The minimum absolute atomic E-state index is 0.0534. The fourth-order valence-electron chi connectivity index (χ4n) is 3.57. The molecule has 5 rings (SSSR count). The van der Waals surface area contributed by atoms with Gasteiger partial charge in [0, 0.05) is 34.3 Å². The van der Waals surface area contributed by atoms with Gasteiger partial charge in [-0.05, 0) is 42.3 Å². The topological polar surface area (TPSA) is 88.2 Å². The van der Waals surface area contributed by atoms with Gasteiger partial charge >= 0.3 is 0 Å². The van der Waals surface area contributed by atoms with Crippen molar-refractivity contribution < 1.29 is 13.2 Å². The molecular weight excluding hydrogens is 442 g/mol. The lowest BCUT2D eigenvalue weighted by Gasteiger charge is -2.18. The van der Waals surface area contributed by atoms with Crippen molar-refractivity contribution in [3.8, 4) is 21.8 Å². The van der Waals surface area contributed by atoms with E-state index in [2.05, 4.69) is 10.0 Å². The van der Waals surface area contributed by atoms with Crippen LogP contribution in [0.15, 0.2) is 83.1 Å². The molecule has 2 heterocycles. The van der Waals surface area contributed by atoms with E-state index in [9.17, 15) is 13.2 Å². The van der Waals surface area contributed by atoms with Crippen LogP contribution in [0.4, 0.5) is 11.4 Å². The Morgan fingerprint density at radius 1 is 0.906 bits per heavy atom. The number of carbonyl (C=O) groups is 1. The fourth-order valence-corrected chi connectivity index (χ4v) is 5.51. The molecule has 0 spiro atoms. The van der Waals surface area contributed by atoms with E-state index in [1.807, 2.05) is 47.8 Å². The van der Waals surface area contributed by atoms with E-state index in [0.717, 1.165) is 27.4 Å². The second-order valence-corrected chi connectivity index (χ2v) is 9.99. The van der Waals surface area contributed by atoms with Gasteiger partial charge in [0.1, 0.15) is 5.01 Å². The molecule has 1 aliphatic heterocycles. The Hall–Kier alpha value is -3.49. The van der Waals surface area contributed by atoms with E-state index in [4.69, 9.17) is 4.98 Å². The Kier molecular flexibility index (Phi) is 5.24. The van der Waals surface area contributed by atoms with Crippen molar-refractivity contribution in [2.24, 2.45) is 0 Å². The molecule has 0 unspecified atom stereocenters. The normalized spacial score (nSPS) is 13.3. The molecule has 0 fully saturated rings. The standard InChI is InChI=1S/C24H19N3O3S2/c28-23-13-8-18-14-20(11-12-21(18)25-23)32(29,30)27-19-9-6-16(7-10-19)22-15-31-24(26-22)17-4-2-1-3-5-17/h1-7,9-12,14-15,27H,8,13H2,(H,25,28). The zero-order chi connectivity index (χ0) is 22.1. The number of amides is 1. The molecule has 1 amide bonds. The van der Waals surface area contributed by atoms with Crippen LogP contribution in [0.2, 0.25) is 0 Å². The van der Waals surface area contributed by atoms with E-state index in [1.54, 1.807) is 35.6 Å². The monoisotopic (exact) mass is 461 g/mol. The highest BCUT2D eigenvalue weighted by molar-refractivity contribution is 7.92. The first-order valence-corrected chi connectivity index (χ1v) is 12.4. The zero-order valence-electron chi connectivity index (χ0n) is 16.9. The van der Waals surface area contributed by atoms with Crippen LogP contribution in [0, 0.1) is 0 Å². The van der Waals surface area contributed by atoms with Crippen LogP contribution >= 0.6 is 11.3 Å². The number of fused-ring (bicyclic) bond motifs is 1. The molecule has 1 aliphatic rings. The molecule has 0 atom stereocenters. The quantitative estimate of drug-likeness (QED) is 0.430. The highest BCUT2D eigenvalue weighted by atomic mass is 32.2. The third kappa shape index (κ3) is 4.15. The van der Waals surface area contributed by atoms with Crippen molar-refractivity contribution >= 4 is 38.6 Å². The summed E-state index contributed by atoms with van der Waals surface area (Å²) < 4.78 is 28.3. The Labute approximate surface area is 190 Å². The average molecular weight is 462 g/mol. The number of aromatic nitrogens is 1. The summed E-state index contributed by atoms with van der Waals surface area (Å²) in [7, 11) is -3.75. The van der Waals surface area contributed by atoms with Gasteiger partial charge in [-0.2, -0.15) is 0 Å². The van der Waals surface area contributed by atoms with Gasteiger partial charge in [0.15, 0.2) is 0 Å². The Morgan fingerprint density at radius 2 is 1.69 bits per heavy atom. The van der Waals surface area contributed by atoms with Crippen LogP contribution in [0.5, 0.6) is 0 Å². The average Bonchev–Trinajstić information content (AvgIpc) is 3.30. The van der Waals surface area contributed by atoms with Gasteiger partial charge in [0.25, 0.3) is 10.0 Å². The molecule has 2 N–H and O–H groups in total. The van der Waals surface area contributed by atoms with Crippen molar-refractivity contribution in [1.29, 1.82) is 0 Å². The summed E-state index contributed by atoms with van der Waals surface area (Å²) in [5, 5.41) is 5.70.